The fraction of sp³-hybridized carbons (Fsp3) is 0.750. The van der Waals surface area contributed by atoms with E-state index in [-0.39, 0.29) is 17.4 Å². The van der Waals surface area contributed by atoms with Crippen LogP contribution in [-0.2, 0) is 17.9 Å². The van der Waals surface area contributed by atoms with Crippen LogP contribution in [0.25, 0.3) is 0 Å². The Morgan fingerprint density at radius 1 is 1.35 bits per heavy atom. The van der Waals surface area contributed by atoms with Crippen LogP contribution in [0.15, 0.2) is 18.3 Å². The average Bonchev–Trinajstić information content (AvgIpc) is 3.32. The molecular weight excluding hydrogens is 328 g/mol. The first-order valence-electron chi connectivity index (χ1n) is 9.86. The second-order valence-corrected chi connectivity index (χ2v) is 9.05. The molecule has 6 heteroatoms. The lowest BCUT2D eigenvalue weighted by Gasteiger charge is -2.41. The van der Waals surface area contributed by atoms with Crippen molar-refractivity contribution in [3.8, 4) is 0 Å². The number of carbonyl (C=O) groups excluding carboxylic acids is 1. The first-order valence-corrected chi connectivity index (χ1v) is 9.86. The van der Waals surface area contributed by atoms with Crippen molar-refractivity contribution in [1.82, 2.24) is 19.9 Å². The molecule has 3 aliphatic rings. The second-order valence-electron chi connectivity index (χ2n) is 9.05. The summed E-state index contributed by atoms with van der Waals surface area (Å²) >= 11 is 0. The molecule has 1 aromatic rings. The maximum absolute atomic E-state index is 13.4. The lowest BCUT2D eigenvalue weighted by atomic mass is 9.68. The molecule has 2 heterocycles. The molecule has 0 unspecified atom stereocenters. The SMILES string of the molecule is C=C1C(C)(C)[C@H]2CC[C@]1(C(=O)N1CCC(Cn3cc(CO)nn3)CC1)C2. The van der Waals surface area contributed by atoms with Crippen molar-refractivity contribution in [2.45, 2.75) is 59.1 Å². The first-order chi connectivity index (χ1) is 12.4. The molecule has 2 atom stereocenters. The highest BCUT2D eigenvalue weighted by molar-refractivity contribution is 5.87. The van der Waals surface area contributed by atoms with E-state index in [4.69, 9.17) is 5.11 Å². The fourth-order valence-electron chi connectivity index (χ4n) is 5.51. The number of rotatable bonds is 4. The minimum Gasteiger partial charge on any atom is -0.390 e. The maximum atomic E-state index is 13.4. The molecule has 4 rings (SSSR count). The topological polar surface area (TPSA) is 71.2 Å². The van der Waals surface area contributed by atoms with Gasteiger partial charge in [-0.25, -0.2) is 0 Å². The highest BCUT2D eigenvalue weighted by atomic mass is 16.3. The number of amides is 1. The quantitative estimate of drug-likeness (QED) is 0.839. The van der Waals surface area contributed by atoms with Crippen LogP contribution in [0.2, 0.25) is 0 Å². The van der Waals surface area contributed by atoms with Crippen molar-refractivity contribution in [1.29, 1.82) is 0 Å². The lowest BCUT2D eigenvalue weighted by Crippen LogP contribution is -2.47. The van der Waals surface area contributed by atoms with E-state index in [0.29, 0.717) is 23.4 Å². The number of fused-ring (bicyclic) bond motifs is 2. The summed E-state index contributed by atoms with van der Waals surface area (Å²) in [5, 5.41) is 17.1. The highest BCUT2D eigenvalue weighted by Gasteiger charge is 2.61. The Bertz CT molecular complexity index is 717. The summed E-state index contributed by atoms with van der Waals surface area (Å²) in [7, 11) is 0. The molecule has 142 valence electrons. The Morgan fingerprint density at radius 2 is 2.08 bits per heavy atom. The van der Waals surface area contributed by atoms with Crippen LogP contribution >= 0.6 is 0 Å². The van der Waals surface area contributed by atoms with Gasteiger partial charge >= 0.3 is 0 Å². The molecule has 2 bridgehead atoms. The Morgan fingerprint density at radius 3 is 2.65 bits per heavy atom. The molecule has 0 aromatic carbocycles. The van der Waals surface area contributed by atoms with Gasteiger partial charge in [-0.15, -0.1) is 5.10 Å². The molecule has 0 spiro atoms. The van der Waals surface area contributed by atoms with Gasteiger partial charge in [0.1, 0.15) is 5.69 Å². The van der Waals surface area contributed by atoms with Gasteiger partial charge in [-0.2, -0.15) is 0 Å². The van der Waals surface area contributed by atoms with E-state index in [1.54, 1.807) is 6.20 Å². The van der Waals surface area contributed by atoms with Gasteiger partial charge in [-0.3, -0.25) is 9.48 Å². The van der Waals surface area contributed by atoms with E-state index in [1.165, 1.54) is 5.57 Å². The molecule has 6 nitrogen and oxygen atoms in total. The molecule has 1 aliphatic heterocycles. The highest BCUT2D eigenvalue weighted by Crippen LogP contribution is 2.66. The summed E-state index contributed by atoms with van der Waals surface area (Å²) < 4.78 is 1.81. The molecule has 0 radical (unpaired) electrons. The lowest BCUT2D eigenvalue weighted by molar-refractivity contribution is -0.141. The normalized spacial score (nSPS) is 31.0. The monoisotopic (exact) mass is 358 g/mol. The van der Waals surface area contributed by atoms with Crippen molar-refractivity contribution in [2.75, 3.05) is 13.1 Å². The van der Waals surface area contributed by atoms with Crippen molar-refractivity contribution in [3.05, 3.63) is 24.0 Å². The predicted octanol–water partition coefficient (Wildman–Crippen LogP) is 2.39. The van der Waals surface area contributed by atoms with Crippen LogP contribution in [0.1, 0.15) is 51.6 Å². The van der Waals surface area contributed by atoms with Crippen LogP contribution in [-0.4, -0.2) is 44.0 Å². The number of nitrogens with zero attached hydrogens (tertiary/aromatic N) is 4. The molecule has 2 aliphatic carbocycles. The maximum Gasteiger partial charge on any atom is 0.232 e. The van der Waals surface area contributed by atoms with Crippen LogP contribution in [0.5, 0.6) is 0 Å². The van der Waals surface area contributed by atoms with Crippen LogP contribution in [0, 0.1) is 22.7 Å². The molecular formula is C20H30N4O2. The van der Waals surface area contributed by atoms with E-state index in [9.17, 15) is 4.79 Å². The first kappa shape index (κ1) is 17.7. The van der Waals surface area contributed by atoms with Gasteiger partial charge in [0.2, 0.25) is 5.91 Å². The minimum atomic E-state index is -0.289. The average molecular weight is 358 g/mol. The van der Waals surface area contributed by atoms with Gasteiger partial charge in [0.25, 0.3) is 0 Å². The molecule has 1 amide bonds. The van der Waals surface area contributed by atoms with E-state index >= 15 is 0 Å². The van der Waals surface area contributed by atoms with Gasteiger partial charge in [0, 0.05) is 19.6 Å². The predicted molar refractivity (Wildman–Crippen MR) is 97.9 cm³/mol. The summed E-state index contributed by atoms with van der Waals surface area (Å²) in [6.45, 7) is 11.3. The van der Waals surface area contributed by atoms with Crippen molar-refractivity contribution in [2.24, 2.45) is 22.7 Å². The van der Waals surface area contributed by atoms with Gasteiger partial charge in [-0.1, -0.05) is 31.2 Å². The van der Waals surface area contributed by atoms with E-state index in [2.05, 4.69) is 35.6 Å². The minimum absolute atomic E-state index is 0.0732. The number of likely N-dealkylation sites (tertiary alicyclic amines) is 1. The number of piperidine rings is 1. The third-order valence-electron chi connectivity index (χ3n) is 7.39. The van der Waals surface area contributed by atoms with E-state index < -0.39 is 0 Å². The Kier molecular flexibility index (Phi) is 4.21. The second kappa shape index (κ2) is 6.19. The van der Waals surface area contributed by atoms with Crippen LogP contribution in [0.3, 0.4) is 0 Å². The third kappa shape index (κ3) is 2.61. The number of aromatic nitrogens is 3. The zero-order valence-corrected chi connectivity index (χ0v) is 15.9. The molecule has 2 saturated carbocycles. The Balaban J connectivity index is 1.37. The fourth-order valence-corrected chi connectivity index (χ4v) is 5.51. The number of aliphatic hydroxyl groups excluding tert-OH is 1. The third-order valence-corrected chi connectivity index (χ3v) is 7.39. The van der Waals surface area contributed by atoms with E-state index in [1.807, 2.05) is 4.68 Å². The van der Waals surface area contributed by atoms with Crippen molar-refractivity contribution in [3.63, 3.8) is 0 Å². The van der Waals surface area contributed by atoms with Crippen molar-refractivity contribution < 1.29 is 9.90 Å². The van der Waals surface area contributed by atoms with Gasteiger partial charge in [0.15, 0.2) is 0 Å². The van der Waals surface area contributed by atoms with Crippen LogP contribution in [0.4, 0.5) is 0 Å². The molecule has 1 aromatic heterocycles. The van der Waals surface area contributed by atoms with Gasteiger partial charge < -0.3 is 10.0 Å². The van der Waals surface area contributed by atoms with Crippen molar-refractivity contribution >= 4 is 5.91 Å². The molecule has 3 fully saturated rings. The van der Waals surface area contributed by atoms with E-state index in [0.717, 1.165) is 51.7 Å². The molecule has 1 N–H and O–H groups in total. The molecule has 26 heavy (non-hydrogen) atoms. The summed E-state index contributed by atoms with van der Waals surface area (Å²) in [6, 6.07) is 0. The standard InChI is InChI=1S/C20H30N4O2/c1-14-19(2,3)16-4-7-20(14,10-16)18(26)23-8-5-15(6-9-23)11-24-12-17(13-25)21-22-24/h12,15-16,25H,1,4-11,13H2,2-3H3/t16-,20-/m0/s1. The van der Waals surface area contributed by atoms with Gasteiger partial charge in [0.05, 0.1) is 18.2 Å². The zero-order chi connectivity index (χ0) is 18.5. The molecule has 1 saturated heterocycles. The summed E-state index contributed by atoms with van der Waals surface area (Å²) in [6.07, 6.45) is 6.94. The summed E-state index contributed by atoms with van der Waals surface area (Å²) in [5.41, 5.74) is 1.59. The number of hydrogen-bond acceptors (Lipinski definition) is 4. The largest absolute Gasteiger partial charge is 0.390 e. The summed E-state index contributed by atoms with van der Waals surface area (Å²) in [5.74, 6) is 1.45. The summed E-state index contributed by atoms with van der Waals surface area (Å²) in [4.78, 5) is 15.5. The van der Waals surface area contributed by atoms with Crippen LogP contribution < -0.4 is 0 Å². The number of carbonyl (C=O) groups is 1. The Hall–Kier alpha value is -1.69. The zero-order valence-electron chi connectivity index (χ0n) is 15.9. The number of hydrogen-bond donors (Lipinski definition) is 1. The van der Waals surface area contributed by atoms with Gasteiger partial charge in [-0.05, 0) is 49.4 Å². The smallest absolute Gasteiger partial charge is 0.232 e. The Labute approximate surface area is 155 Å². The number of aliphatic hydroxyl groups is 1.